The number of nitrogens with zero attached hydrogens (tertiary/aromatic N) is 3. The van der Waals surface area contributed by atoms with Crippen LogP contribution in [0.3, 0.4) is 0 Å². The first-order valence-corrected chi connectivity index (χ1v) is 12.2. The van der Waals surface area contributed by atoms with E-state index in [4.69, 9.17) is 9.47 Å². The van der Waals surface area contributed by atoms with Crippen molar-refractivity contribution in [1.82, 2.24) is 9.78 Å². The van der Waals surface area contributed by atoms with E-state index in [1.54, 1.807) is 20.8 Å². The van der Waals surface area contributed by atoms with E-state index in [9.17, 15) is 26.4 Å². The maximum atomic E-state index is 13.6. The van der Waals surface area contributed by atoms with E-state index in [1.807, 2.05) is 0 Å². The molecule has 0 unspecified atom stereocenters. The van der Waals surface area contributed by atoms with E-state index >= 15 is 0 Å². The van der Waals surface area contributed by atoms with E-state index < -0.39 is 27.9 Å². The molecule has 3 rings (SSSR count). The summed E-state index contributed by atoms with van der Waals surface area (Å²) in [6, 6.07) is 4.04. The van der Waals surface area contributed by atoms with Gasteiger partial charge in [-0.25, -0.2) is 13.2 Å². The van der Waals surface area contributed by atoms with Gasteiger partial charge in [-0.05, 0) is 52.8 Å². The Morgan fingerprint density at radius 3 is 2.57 bits per heavy atom. The van der Waals surface area contributed by atoms with Gasteiger partial charge in [0, 0.05) is 18.4 Å². The number of hydrogen-bond donors (Lipinski definition) is 1. The first kappa shape index (κ1) is 26.4. The quantitative estimate of drug-likeness (QED) is 0.583. The van der Waals surface area contributed by atoms with E-state index in [0.717, 1.165) is 18.2 Å². The van der Waals surface area contributed by atoms with Gasteiger partial charge in [0.2, 0.25) is 5.60 Å². The molecule has 1 amide bonds. The van der Waals surface area contributed by atoms with Gasteiger partial charge in [-0.3, -0.25) is 14.3 Å². The molecule has 14 heteroatoms. The monoisotopic (exact) mass is 520 g/mol. The molecule has 0 fully saturated rings. The summed E-state index contributed by atoms with van der Waals surface area (Å²) in [6.45, 7) is 7.12. The molecule has 0 saturated carbocycles. The molecule has 1 aromatic carbocycles. The molecule has 1 aliphatic rings. The minimum Gasteiger partial charge on any atom is -0.489 e. The van der Waals surface area contributed by atoms with Crippen molar-refractivity contribution in [3.05, 3.63) is 24.4 Å². The molecule has 1 aliphatic heterocycles. The number of sulfonamides is 1. The number of ether oxygens (including phenoxy) is 3. The molecule has 2 aromatic rings. The number of aromatic nitrogens is 2. The fourth-order valence-electron chi connectivity index (χ4n) is 3.10. The lowest BCUT2D eigenvalue weighted by Gasteiger charge is -2.31. The van der Waals surface area contributed by atoms with Gasteiger partial charge in [-0.15, -0.1) is 5.10 Å². The highest BCUT2D eigenvalue weighted by molar-refractivity contribution is 7.93. The number of rotatable bonds is 7. The summed E-state index contributed by atoms with van der Waals surface area (Å²) in [5.41, 5.74) is -2.63. The lowest BCUT2D eigenvalue weighted by molar-refractivity contribution is -0.242. The van der Waals surface area contributed by atoms with Crippen molar-refractivity contribution in [1.29, 1.82) is 0 Å². The molecule has 2 heterocycles. The Labute approximate surface area is 201 Å². The molecule has 35 heavy (non-hydrogen) atoms. The average molecular weight is 521 g/mol. The van der Waals surface area contributed by atoms with Crippen molar-refractivity contribution in [2.75, 3.05) is 22.8 Å². The maximum absolute atomic E-state index is 13.6. The normalized spacial score (nSPS) is 14.4. The SMILES string of the molecule is CCn1cc(S(=O)(=O)N2CCOc3ccc(NC(=O)OC(C)(C)C(F)(F)F)cc32)c(OC(C)C)n1. The van der Waals surface area contributed by atoms with E-state index in [2.05, 4.69) is 15.2 Å². The Morgan fingerprint density at radius 2 is 1.97 bits per heavy atom. The van der Waals surface area contributed by atoms with Crippen LogP contribution in [0.5, 0.6) is 11.6 Å². The highest BCUT2D eigenvalue weighted by Crippen LogP contribution is 2.39. The van der Waals surface area contributed by atoms with Crippen LogP contribution in [-0.2, 0) is 21.3 Å². The zero-order valence-corrected chi connectivity index (χ0v) is 20.7. The topological polar surface area (TPSA) is 112 Å². The smallest absolute Gasteiger partial charge is 0.427 e. The first-order valence-electron chi connectivity index (χ1n) is 10.8. The van der Waals surface area contributed by atoms with Crippen molar-refractivity contribution in [2.24, 2.45) is 0 Å². The zero-order valence-electron chi connectivity index (χ0n) is 19.8. The second-order valence-corrected chi connectivity index (χ2v) is 10.3. The van der Waals surface area contributed by atoms with Crippen LogP contribution < -0.4 is 19.1 Å². The van der Waals surface area contributed by atoms with Crippen molar-refractivity contribution in [2.45, 2.75) is 63.9 Å². The third kappa shape index (κ3) is 5.57. The Balaban J connectivity index is 1.93. The van der Waals surface area contributed by atoms with Crippen LogP contribution in [0.4, 0.5) is 29.3 Å². The molecular formula is C21H27F3N4O6S. The average Bonchev–Trinajstić information content (AvgIpc) is 3.15. The number of alkyl halides is 3. The molecular weight excluding hydrogens is 493 g/mol. The van der Waals surface area contributed by atoms with Gasteiger partial charge >= 0.3 is 12.3 Å². The maximum Gasteiger partial charge on any atom is 0.427 e. The minimum atomic E-state index is -4.78. The lowest BCUT2D eigenvalue weighted by atomic mass is 10.1. The number of carbonyl (C=O) groups excluding carboxylic acids is 1. The van der Waals surface area contributed by atoms with Crippen LogP contribution in [0.25, 0.3) is 0 Å². The fourth-order valence-corrected chi connectivity index (χ4v) is 4.62. The molecule has 0 radical (unpaired) electrons. The molecule has 10 nitrogen and oxygen atoms in total. The van der Waals surface area contributed by atoms with Gasteiger partial charge < -0.3 is 14.2 Å². The molecule has 0 bridgehead atoms. The van der Waals surface area contributed by atoms with E-state index in [0.29, 0.717) is 6.54 Å². The van der Waals surface area contributed by atoms with Crippen LogP contribution >= 0.6 is 0 Å². The highest BCUT2D eigenvalue weighted by atomic mass is 32.2. The van der Waals surface area contributed by atoms with Gasteiger partial charge in [0.05, 0.1) is 18.3 Å². The van der Waals surface area contributed by atoms with Crippen LogP contribution in [0.15, 0.2) is 29.3 Å². The molecule has 194 valence electrons. The standard InChI is InChI=1S/C21H27F3N4O6S/c1-6-27-12-17(18(26-27)33-13(2)3)35(30,31)28-9-10-32-16-8-7-14(11-15(16)28)25-19(29)34-20(4,5)21(22,23)24/h7-8,11-13H,6,9-10H2,1-5H3,(H,25,29). The number of nitrogens with one attached hydrogen (secondary N) is 1. The third-order valence-electron chi connectivity index (χ3n) is 4.99. The predicted octanol–water partition coefficient (Wildman–Crippen LogP) is 4.17. The summed E-state index contributed by atoms with van der Waals surface area (Å²) in [5, 5.41) is 6.39. The fraction of sp³-hybridized carbons (Fsp3) is 0.524. The lowest BCUT2D eigenvalue weighted by Crippen LogP contribution is -2.44. The molecule has 1 aromatic heterocycles. The van der Waals surface area contributed by atoms with Gasteiger partial charge in [0.1, 0.15) is 12.4 Å². The number of carbonyl (C=O) groups is 1. The number of fused-ring (bicyclic) bond motifs is 1. The van der Waals surface area contributed by atoms with E-state index in [1.165, 1.54) is 29.1 Å². The number of benzene rings is 1. The molecule has 1 N–H and O–H groups in total. The number of amides is 1. The molecule has 0 aliphatic carbocycles. The second-order valence-electron chi connectivity index (χ2n) is 8.45. The summed E-state index contributed by atoms with van der Waals surface area (Å²) in [5.74, 6) is 0.158. The summed E-state index contributed by atoms with van der Waals surface area (Å²) in [7, 11) is -4.18. The van der Waals surface area contributed by atoms with Crippen molar-refractivity contribution >= 4 is 27.5 Å². The third-order valence-corrected chi connectivity index (χ3v) is 6.79. The van der Waals surface area contributed by atoms with Crippen LogP contribution in [0, 0.1) is 0 Å². The van der Waals surface area contributed by atoms with Crippen molar-refractivity contribution < 1.29 is 40.6 Å². The highest BCUT2D eigenvalue weighted by Gasteiger charge is 2.51. The van der Waals surface area contributed by atoms with Crippen LogP contribution in [0.2, 0.25) is 0 Å². The second kappa shape index (κ2) is 9.47. The van der Waals surface area contributed by atoms with Gasteiger partial charge in [-0.1, -0.05) is 0 Å². The number of halogens is 3. The van der Waals surface area contributed by atoms with Crippen LogP contribution in [-0.4, -0.2) is 55.3 Å². The van der Waals surface area contributed by atoms with Crippen molar-refractivity contribution in [3.63, 3.8) is 0 Å². The number of aryl methyl sites for hydroxylation is 1. The summed E-state index contributed by atoms with van der Waals surface area (Å²) in [6.07, 6.45) is -5.10. The Kier molecular flexibility index (Phi) is 7.16. The van der Waals surface area contributed by atoms with Crippen molar-refractivity contribution in [3.8, 4) is 11.6 Å². The Morgan fingerprint density at radius 1 is 1.29 bits per heavy atom. The zero-order chi connectivity index (χ0) is 26.2. The summed E-state index contributed by atoms with van der Waals surface area (Å²) >= 11 is 0. The van der Waals surface area contributed by atoms with Gasteiger partial charge in [0.15, 0.2) is 4.90 Å². The molecule has 0 saturated heterocycles. The summed E-state index contributed by atoms with van der Waals surface area (Å²) in [4.78, 5) is 12.0. The predicted molar refractivity (Wildman–Crippen MR) is 120 cm³/mol. The molecule has 0 spiro atoms. The minimum absolute atomic E-state index is 0.0142. The number of anilines is 2. The largest absolute Gasteiger partial charge is 0.489 e. The molecule has 0 atom stereocenters. The number of hydrogen-bond acceptors (Lipinski definition) is 7. The van der Waals surface area contributed by atoms with E-state index in [-0.39, 0.29) is 47.2 Å². The Hall–Kier alpha value is -3.16. The first-order chi connectivity index (χ1) is 16.2. The van der Waals surface area contributed by atoms with Gasteiger partial charge in [-0.2, -0.15) is 13.2 Å². The Bertz CT molecular complexity index is 1190. The van der Waals surface area contributed by atoms with Crippen LogP contribution in [0.1, 0.15) is 34.6 Å². The summed E-state index contributed by atoms with van der Waals surface area (Å²) < 4.78 is 84.5. The van der Waals surface area contributed by atoms with Gasteiger partial charge in [0.25, 0.3) is 15.9 Å².